The van der Waals surface area contributed by atoms with Crippen molar-refractivity contribution in [3.63, 3.8) is 0 Å². The minimum Gasteiger partial charge on any atom is -0.507 e. The van der Waals surface area contributed by atoms with Gasteiger partial charge in [0, 0.05) is 39.9 Å². The number of aliphatic imine (C=N–C) groups is 1. The highest BCUT2D eigenvalue weighted by Crippen LogP contribution is 2.41. The number of aromatic hydroxyl groups is 2. The normalized spacial score (nSPS) is 12.9. The summed E-state index contributed by atoms with van der Waals surface area (Å²) < 4.78 is 0. The lowest BCUT2D eigenvalue weighted by Crippen LogP contribution is -2.68. The minimum absolute atomic E-state index is 0.0305. The number of nitrogens with zero attached hydrogens (tertiary/aromatic N) is 1. The Morgan fingerprint density at radius 1 is 0.661 bits per heavy atom. The number of phenols is 2. The molecular formula is C41H63N7O8. The van der Waals surface area contributed by atoms with Crippen molar-refractivity contribution >= 4 is 35.6 Å². The van der Waals surface area contributed by atoms with Gasteiger partial charge in [-0.3, -0.25) is 29.0 Å². The number of benzene rings is 2. The highest BCUT2D eigenvalue weighted by Gasteiger charge is 2.41. The van der Waals surface area contributed by atoms with Crippen molar-refractivity contribution in [1.29, 1.82) is 0 Å². The maximum atomic E-state index is 14.4. The van der Waals surface area contributed by atoms with Gasteiger partial charge < -0.3 is 48.1 Å². The molecule has 0 saturated carbocycles. The summed E-state index contributed by atoms with van der Waals surface area (Å²) in [5.74, 6) is -4.85. The maximum absolute atomic E-state index is 14.4. The van der Waals surface area contributed by atoms with Crippen LogP contribution in [0.1, 0.15) is 146 Å². The molecule has 15 heteroatoms. The topological polar surface area (TPSA) is 259 Å². The zero-order valence-corrected chi connectivity index (χ0v) is 35.2. The number of carbonyl (C=O) groups is 5. The van der Waals surface area contributed by atoms with Crippen LogP contribution >= 0.6 is 0 Å². The van der Waals surface area contributed by atoms with Crippen LogP contribution in [0.4, 0.5) is 0 Å². The molecule has 310 valence electrons. The van der Waals surface area contributed by atoms with Gasteiger partial charge >= 0.3 is 5.97 Å². The third-order valence-corrected chi connectivity index (χ3v) is 9.14. The van der Waals surface area contributed by atoms with Gasteiger partial charge in [0.1, 0.15) is 24.1 Å². The number of nitrogens with two attached hydrogens (primary N) is 2. The van der Waals surface area contributed by atoms with E-state index >= 15 is 0 Å². The van der Waals surface area contributed by atoms with Gasteiger partial charge in [0.25, 0.3) is 17.7 Å². The highest BCUT2D eigenvalue weighted by atomic mass is 16.4. The van der Waals surface area contributed by atoms with Crippen LogP contribution in [0, 0.1) is 0 Å². The number of phenolic OH excluding ortho intramolecular Hbond substituents is 2. The highest BCUT2D eigenvalue weighted by molar-refractivity contribution is 6.04. The number of hydrogen-bond donors (Lipinski definition) is 9. The summed E-state index contributed by atoms with van der Waals surface area (Å²) in [4.78, 5) is 71.4. The van der Waals surface area contributed by atoms with Crippen LogP contribution in [-0.4, -0.2) is 75.7 Å². The zero-order chi connectivity index (χ0) is 43.4. The van der Waals surface area contributed by atoms with Crippen LogP contribution in [-0.2, 0) is 36.0 Å². The number of aliphatic carboxylic acids is 1. The lowest BCUT2D eigenvalue weighted by Gasteiger charge is -2.33. The number of hydrogen-bond acceptors (Lipinski definition) is 8. The van der Waals surface area contributed by atoms with Crippen molar-refractivity contribution in [2.45, 2.75) is 136 Å². The number of carboxylic acids is 1. The molecule has 0 aliphatic rings. The Labute approximate surface area is 330 Å². The van der Waals surface area contributed by atoms with E-state index in [1.807, 2.05) is 83.1 Å². The number of carboxylic acid groups (broad SMARTS) is 1. The second kappa shape index (κ2) is 17.2. The Bertz CT molecular complexity index is 1690. The quantitative estimate of drug-likeness (QED) is 0.0613. The molecule has 4 amide bonds. The standard InChI is InChI=1S/C41H63N7O8/c1-37(2,3)24-17-22(18-25(30(24)51)38(4,5)6)32(53)47-41(13,35(56)46-28(15-14-16-44-36(42)43)34(55)45-21-29(49)50)48-33(54)23-19-26(39(7,8)9)31(52)27(20-23)40(10,11)12/h17-20,28,51-52H,14-16,21H2,1-13H3,(H,45,55)(H,46,56)(H,47,53)(H,48,54)(H,49,50)(H4,42,43,44)/t28-/m0/s1. The molecular weight excluding hydrogens is 718 g/mol. The fourth-order valence-corrected chi connectivity index (χ4v) is 5.92. The average molecular weight is 782 g/mol. The molecule has 0 fully saturated rings. The lowest BCUT2D eigenvalue weighted by molar-refractivity contribution is -0.138. The van der Waals surface area contributed by atoms with Gasteiger partial charge in [-0.25, -0.2) is 0 Å². The maximum Gasteiger partial charge on any atom is 0.322 e. The number of rotatable bonds is 13. The molecule has 0 heterocycles. The van der Waals surface area contributed by atoms with Crippen molar-refractivity contribution in [1.82, 2.24) is 21.3 Å². The molecule has 0 aliphatic carbocycles. The molecule has 56 heavy (non-hydrogen) atoms. The molecule has 0 aromatic heterocycles. The number of amides is 4. The van der Waals surface area contributed by atoms with E-state index < -0.39 is 69.5 Å². The summed E-state index contributed by atoms with van der Waals surface area (Å²) in [6.45, 7) is 23.2. The van der Waals surface area contributed by atoms with E-state index in [2.05, 4.69) is 26.3 Å². The Hall–Kier alpha value is -5.34. The van der Waals surface area contributed by atoms with Crippen molar-refractivity contribution < 1.29 is 39.3 Å². The Morgan fingerprint density at radius 2 is 1.02 bits per heavy atom. The fourth-order valence-electron chi connectivity index (χ4n) is 5.92. The molecule has 2 rings (SSSR count). The van der Waals surface area contributed by atoms with Gasteiger partial charge in [-0.15, -0.1) is 0 Å². The van der Waals surface area contributed by atoms with Crippen LogP contribution in [0.3, 0.4) is 0 Å². The molecule has 1 atom stereocenters. The zero-order valence-electron chi connectivity index (χ0n) is 35.2. The fraction of sp³-hybridized carbons (Fsp3) is 0.561. The van der Waals surface area contributed by atoms with Crippen LogP contribution < -0.4 is 32.7 Å². The molecule has 15 nitrogen and oxygen atoms in total. The SMILES string of the molecule is CC(NC(=O)c1cc(C(C)(C)C)c(O)c(C(C)(C)C)c1)(NC(=O)c1cc(C(C)(C)C)c(O)c(C(C)(C)C)c1)C(=O)N[C@@H](CCCN=C(N)N)C(=O)NCC(=O)O. The van der Waals surface area contributed by atoms with E-state index in [1.165, 1.54) is 31.2 Å². The molecule has 0 bridgehead atoms. The molecule has 0 spiro atoms. The first kappa shape index (κ1) is 46.8. The van der Waals surface area contributed by atoms with Crippen molar-refractivity contribution in [2.24, 2.45) is 16.5 Å². The summed E-state index contributed by atoms with van der Waals surface area (Å²) in [5, 5.41) is 41.9. The molecule has 2 aromatic carbocycles. The lowest BCUT2D eigenvalue weighted by atomic mass is 9.78. The van der Waals surface area contributed by atoms with E-state index in [1.54, 1.807) is 0 Å². The van der Waals surface area contributed by atoms with Gasteiger partial charge in [0.15, 0.2) is 11.6 Å². The summed E-state index contributed by atoms with van der Waals surface area (Å²) >= 11 is 0. The van der Waals surface area contributed by atoms with Crippen molar-refractivity contribution in [3.05, 3.63) is 57.6 Å². The van der Waals surface area contributed by atoms with E-state index in [9.17, 15) is 39.3 Å². The smallest absolute Gasteiger partial charge is 0.322 e. The first-order chi connectivity index (χ1) is 25.3. The van der Waals surface area contributed by atoms with E-state index in [0.717, 1.165) is 0 Å². The Balaban J connectivity index is 2.80. The average Bonchev–Trinajstić information content (AvgIpc) is 3.02. The predicted octanol–water partition coefficient (Wildman–Crippen LogP) is 3.90. The number of guanidine groups is 1. The number of nitrogens with one attached hydrogen (secondary N) is 4. The van der Waals surface area contributed by atoms with Gasteiger partial charge in [-0.2, -0.15) is 0 Å². The van der Waals surface area contributed by atoms with E-state index in [-0.39, 0.29) is 48.0 Å². The second-order valence-electron chi connectivity index (χ2n) is 18.5. The minimum atomic E-state index is -2.25. The predicted molar refractivity (Wildman–Crippen MR) is 217 cm³/mol. The molecule has 11 N–H and O–H groups in total. The van der Waals surface area contributed by atoms with Gasteiger partial charge in [0.2, 0.25) is 5.91 Å². The van der Waals surface area contributed by atoms with Gasteiger partial charge in [-0.1, -0.05) is 83.1 Å². The molecule has 0 radical (unpaired) electrons. The largest absolute Gasteiger partial charge is 0.507 e. The Morgan fingerprint density at radius 3 is 1.32 bits per heavy atom. The molecule has 0 unspecified atom stereocenters. The van der Waals surface area contributed by atoms with Crippen LogP contribution in [0.2, 0.25) is 0 Å². The summed E-state index contributed by atoms with van der Waals surface area (Å²) in [5.41, 5.74) is 8.33. The van der Waals surface area contributed by atoms with E-state index in [4.69, 9.17) is 11.5 Å². The molecule has 0 saturated heterocycles. The first-order valence-electron chi connectivity index (χ1n) is 18.6. The summed E-state index contributed by atoms with van der Waals surface area (Å²) in [7, 11) is 0. The third kappa shape index (κ3) is 12.3. The molecule has 0 aliphatic heterocycles. The monoisotopic (exact) mass is 781 g/mol. The second-order valence-corrected chi connectivity index (χ2v) is 18.5. The number of carbonyl (C=O) groups excluding carboxylic acids is 4. The van der Waals surface area contributed by atoms with Crippen molar-refractivity contribution in [2.75, 3.05) is 13.1 Å². The van der Waals surface area contributed by atoms with Gasteiger partial charge in [-0.05, 0) is 65.7 Å². The van der Waals surface area contributed by atoms with Crippen molar-refractivity contribution in [3.8, 4) is 11.5 Å². The summed E-state index contributed by atoms with van der Waals surface area (Å²) in [6.07, 6.45) is 0.145. The van der Waals surface area contributed by atoms with E-state index in [0.29, 0.717) is 22.3 Å². The van der Waals surface area contributed by atoms with Crippen LogP contribution in [0.5, 0.6) is 11.5 Å². The Kier molecular flexibility index (Phi) is 14.4. The van der Waals surface area contributed by atoms with Gasteiger partial charge in [0.05, 0.1) is 0 Å². The first-order valence-corrected chi connectivity index (χ1v) is 18.6. The molecule has 2 aromatic rings. The van der Waals surface area contributed by atoms with Crippen LogP contribution in [0.15, 0.2) is 29.3 Å². The third-order valence-electron chi connectivity index (χ3n) is 9.14. The van der Waals surface area contributed by atoms with Crippen LogP contribution in [0.25, 0.3) is 0 Å². The summed E-state index contributed by atoms with van der Waals surface area (Å²) in [6, 6.07) is 4.76.